The van der Waals surface area contributed by atoms with Crippen molar-refractivity contribution in [3.63, 3.8) is 0 Å². The summed E-state index contributed by atoms with van der Waals surface area (Å²) in [4.78, 5) is 41.2. The van der Waals surface area contributed by atoms with Crippen LogP contribution in [0.15, 0.2) is 28.8 Å². The Morgan fingerprint density at radius 3 is 2.85 bits per heavy atom. The van der Waals surface area contributed by atoms with Gasteiger partial charge in [0.25, 0.3) is 17.6 Å². The minimum atomic E-state index is -1.03. The molecule has 2 aromatic rings. The first-order valence-electron chi connectivity index (χ1n) is 7.72. The number of amides is 2. The molecule has 1 unspecified atom stereocenters. The number of nitrogens with zero attached hydrogens (tertiary/aromatic N) is 3. The van der Waals surface area contributed by atoms with Crippen LogP contribution in [0.25, 0.3) is 0 Å². The van der Waals surface area contributed by atoms with Gasteiger partial charge < -0.3 is 19.3 Å². The zero-order valence-electron chi connectivity index (χ0n) is 14.1. The van der Waals surface area contributed by atoms with E-state index < -0.39 is 23.9 Å². The van der Waals surface area contributed by atoms with Crippen LogP contribution in [0, 0.1) is 0 Å². The third kappa shape index (κ3) is 3.34. The normalized spacial score (nSPS) is 15.8. The van der Waals surface area contributed by atoms with Gasteiger partial charge in [-0.2, -0.15) is 4.98 Å². The fourth-order valence-electron chi connectivity index (χ4n) is 2.46. The number of fused-ring (bicyclic) bond motifs is 1. The lowest BCUT2D eigenvalue weighted by molar-refractivity contribution is -0.145. The molecule has 1 aliphatic rings. The first-order chi connectivity index (χ1) is 12.5. The maximum absolute atomic E-state index is 12.8. The van der Waals surface area contributed by atoms with Crippen LogP contribution in [0.1, 0.15) is 22.9 Å². The van der Waals surface area contributed by atoms with Crippen LogP contribution in [-0.2, 0) is 20.9 Å². The van der Waals surface area contributed by atoms with Crippen molar-refractivity contribution in [2.75, 3.05) is 19.1 Å². The van der Waals surface area contributed by atoms with Crippen molar-refractivity contribution in [1.29, 1.82) is 0 Å². The van der Waals surface area contributed by atoms with Gasteiger partial charge >= 0.3 is 5.97 Å². The molecule has 3 rings (SSSR count). The molecule has 0 saturated heterocycles. The molecule has 26 heavy (non-hydrogen) atoms. The highest BCUT2D eigenvalue weighted by Gasteiger charge is 2.37. The maximum atomic E-state index is 12.8. The van der Waals surface area contributed by atoms with Gasteiger partial charge in [0.15, 0.2) is 6.10 Å². The number of carbonyl (C=O) groups is 3. The summed E-state index contributed by atoms with van der Waals surface area (Å²) in [5, 5.41) is 5.95. The van der Waals surface area contributed by atoms with Crippen LogP contribution < -0.4 is 15.0 Å². The Morgan fingerprint density at radius 1 is 1.35 bits per heavy atom. The predicted octanol–water partition coefficient (Wildman–Crippen LogP) is 0.286. The summed E-state index contributed by atoms with van der Waals surface area (Å²) in [6.07, 6.45) is -1.26. The molecule has 0 saturated carbocycles. The van der Waals surface area contributed by atoms with Crippen molar-refractivity contribution in [3.8, 4) is 5.75 Å². The summed E-state index contributed by atoms with van der Waals surface area (Å²) in [5.41, 5.74) is 0.498. The molecule has 2 heterocycles. The molecule has 1 atom stereocenters. The molecule has 1 aromatic heterocycles. The highest BCUT2D eigenvalue weighted by Crippen LogP contribution is 2.35. The first kappa shape index (κ1) is 17.4. The van der Waals surface area contributed by atoms with Crippen LogP contribution in [-0.4, -0.2) is 48.2 Å². The lowest BCUT2D eigenvalue weighted by Gasteiger charge is -2.33. The summed E-state index contributed by atoms with van der Waals surface area (Å²) >= 11 is 0. The number of para-hydroxylation sites is 2. The van der Waals surface area contributed by atoms with E-state index in [2.05, 4.69) is 20.2 Å². The molecule has 0 radical (unpaired) electrons. The number of anilines is 1. The van der Waals surface area contributed by atoms with Gasteiger partial charge in [0, 0.05) is 7.05 Å². The Kier molecular flexibility index (Phi) is 4.83. The highest BCUT2D eigenvalue weighted by atomic mass is 16.5. The number of hydrogen-bond acceptors (Lipinski definition) is 8. The second kappa shape index (κ2) is 7.21. The van der Waals surface area contributed by atoms with E-state index in [1.54, 1.807) is 24.3 Å². The van der Waals surface area contributed by atoms with Crippen molar-refractivity contribution in [3.05, 3.63) is 36.0 Å². The van der Waals surface area contributed by atoms with Gasteiger partial charge in [-0.15, -0.1) is 0 Å². The van der Waals surface area contributed by atoms with Crippen LogP contribution in [0.3, 0.4) is 0 Å². The Labute approximate surface area is 148 Å². The van der Waals surface area contributed by atoms with Gasteiger partial charge in [0.2, 0.25) is 5.89 Å². The van der Waals surface area contributed by atoms with E-state index in [9.17, 15) is 14.4 Å². The SMILES string of the molecule is CNC(=O)c1noc(CN2C(=O)C(CC(=O)OC)Oc3ccccc32)n1. The van der Waals surface area contributed by atoms with E-state index in [1.165, 1.54) is 19.1 Å². The number of methoxy groups -OCH3 is 1. The van der Waals surface area contributed by atoms with E-state index in [1.807, 2.05) is 0 Å². The second-order valence-electron chi connectivity index (χ2n) is 5.37. The first-order valence-corrected chi connectivity index (χ1v) is 7.72. The molecular formula is C16H16N4O6. The lowest BCUT2D eigenvalue weighted by Crippen LogP contribution is -2.46. The van der Waals surface area contributed by atoms with E-state index in [-0.39, 0.29) is 24.7 Å². The molecular weight excluding hydrogens is 344 g/mol. The van der Waals surface area contributed by atoms with E-state index in [0.717, 1.165) is 0 Å². The van der Waals surface area contributed by atoms with E-state index in [0.29, 0.717) is 11.4 Å². The Morgan fingerprint density at radius 2 is 2.12 bits per heavy atom. The molecule has 10 heteroatoms. The molecule has 0 fully saturated rings. The van der Waals surface area contributed by atoms with E-state index in [4.69, 9.17) is 9.26 Å². The molecule has 1 N–H and O–H groups in total. The number of benzene rings is 1. The van der Waals surface area contributed by atoms with Gasteiger partial charge in [-0.3, -0.25) is 19.3 Å². The minimum absolute atomic E-state index is 0.0686. The molecule has 136 valence electrons. The van der Waals surface area contributed by atoms with Gasteiger partial charge in [-0.1, -0.05) is 17.3 Å². The maximum Gasteiger partial charge on any atom is 0.309 e. The van der Waals surface area contributed by atoms with Crippen molar-refractivity contribution in [2.24, 2.45) is 0 Å². The van der Waals surface area contributed by atoms with Crippen LogP contribution in [0.2, 0.25) is 0 Å². The van der Waals surface area contributed by atoms with Crippen molar-refractivity contribution >= 4 is 23.5 Å². The highest BCUT2D eigenvalue weighted by molar-refractivity contribution is 6.01. The van der Waals surface area contributed by atoms with Crippen LogP contribution in [0.4, 0.5) is 5.69 Å². The van der Waals surface area contributed by atoms with Gasteiger partial charge in [0.05, 0.1) is 19.2 Å². The third-order valence-electron chi connectivity index (χ3n) is 3.74. The summed E-state index contributed by atoms with van der Waals surface area (Å²) in [6.45, 7) is -0.0686. The zero-order chi connectivity index (χ0) is 18.7. The number of ether oxygens (including phenoxy) is 2. The van der Waals surface area contributed by atoms with Gasteiger partial charge in [-0.05, 0) is 12.1 Å². The monoisotopic (exact) mass is 360 g/mol. The summed E-state index contributed by atoms with van der Waals surface area (Å²) in [6, 6.07) is 6.87. The second-order valence-corrected chi connectivity index (χ2v) is 5.37. The average molecular weight is 360 g/mol. The molecule has 1 aliphatic heterocycles. The predicted molar refractivity (Wildman–Crippen MR) is 86.4 cm³/mol. The fraction of sp³-hybridized carbons (Fsp3) is 0.312. The Hall–Kier alpha value is -3.43. The fourth-order valence-corrected chi connectivity index (χ4v) is 2.46. The largest absolute Gasteiger partial charge is 0.478 e. The van der Waals surface area contributed by atoms with Crippen LogP contribution >= 0.6 is 0 Å². The third-order valence-corrected chi connectivity index (χ3v) is 3.74. The molecule has 1 aromatic carbocycles. The molecule has 0 bridgehead atoms. The summed E-state index contributed by atoms with van der Waals surface area (Å²) < 4.78 is 15.3. The summed E-state index contributed by atoms with van der Waals surface area (Å²) in [7, 11) is 2.68. The smallest absolute Gasteiger partial charge is 0.309 e. The number of esters is 1. The Bertz CT molecular complexity index is 849. The Balaban J connectivity index is 1.88. The van der Waals surface area contributed by atoms with Gasteiger partial charge in [0.1, 0.15) is 12.3 Å². The summed E-state index contributed by atoms with van der Waals surface area (Å²) in [5.74, 6) is -1.14. The number of aromatic nitrogens is 2. The molecule has 2 amide bonds. The van der Waals surface area contributed by atoms with Crippen molar-refractivity contribution < 1.29 is 28.4 Å². The quantitative estimate of drug-likeness (QED) is 0.755. The van der Waals surface area contributed by atoms with Crippen molar-refractivity contribution in [2.45, 2.75) is 19.1 Å². The number of hydrogen-bond donors (Lipinski definition) is 1. The lowest BCUT2D eigenvalue weighted by atomic mass is 10.1. The zero-order valence-corrected chi connectivity index (χ0v) is 14.1. The van der Waals surface area contributed by atoms with Crippen LogP contribution in [0.5, 0.6) is 5.75 Å². The van der Waals surface area contributed by atoms with Crippen molar-refractivity contribution in [1.82, 2.24) is 15.5 Å². The molecule has 10 nitrogen and oxygen atoms in total. The number of carbonyl (C=O) groups excluding carboxylic acids is 3. The number of rotatable bonds is 5. The topological polar surface area (TPSA) is 124 Å². The molecule has 0 aliphatic carbocycles. The minimum Gasteiger partial charge on any atom is -0.478 e. The van der Waals surface area contributed by atoms with Gasteiger partial charge in [-0.25, -0.2) is 0 Å². The van der Waals surface area contributed by atoms with E-state index >= 15 is 0 Å². The number of nitrogens with one attached hydrogen (secondary N) is 1. The average Bonchev–Trinajstić information content (AvgIpc) is 3.13. The molecule has 0 spiro atoms. The standard InChI is InChI=1S/C16H16N4O6/c1-17-15(22)14-18-12(26-19-14)8-20-9-5-3-4-6-10(9)25-11(16(20)23)7-13(21)24-2/h3-6,11H,7-8H2,1-2H3,(H,17,22).